The van der Waals surface area contributed by atoms with Crippen molar-refractivity contribution in [2.45, 2.75) is 37.3 Å². The van der Waals surface area contributed by atoms with Crippen molar-refractivity contribution in [2.24, 2.45) is 7.05 Å². The van der Waals surface area contributed by atoms with Crippen LogP contribution in [-0.4, -0.2) is 27.5 Å². The molecule has 6 heteroatoms. The molecule has 4 rings (SSSR count). The van der Waals surface area contributed by atoms with Gasteiger partial charge in [-0.2, -0.15) is 0 Å². The summed E-state index contributed by atoms with van der Waals surface area (Å²) in [6.07, 6.45) is 6.46. The molecule has 3 atom stereocenters. The Labute approximate surface area is 140 Å². The third-order valence-corrected chi connectivity index (χ3v) is 5.23. The lowest BCUT2D eigenvalue weighted by molar-refractivity contribution is 0.0913. The topological polar surface area (TPSA) is 59.0 Å². The molecule has 2 aromatic rings. The number of nitrogens with one attached hydrogen (secondary N) is 2. The molecule has 1 aliphatic heterocycles. The zero-order chi connectivity index (χ0) is 16.0. The SMILES string of the molecule is Cn1cncc1C(=O)NC1CCCC2c3cc(Cl)ccc3NC12. The van der Waals surface area contributed by atoms with Crippen molar-refractivity contribution in [1.29, 1.82) is 0 Å². The third-order valence-electron chi connectivity index (χ3n) is 5.00. The lowest BCUT2D eigenvalue weighted by Crippen LogP contribution is -2.49. The number of nitrogens with zero attached hydrogens (tertiary/aromatic N) is 2. The van der Waals surface area contributed by atoms with Crippen molar-refractivity contribution >= 4 is 23.2 Å². The number of hydrogen-bond acceptors (Lipinski definition) is 3. The Hall–Kier alpha value is -2.01. The highest BCUT2D eigenvalue weighted by molar-refractivity contribution is 6.30. The summed E-state index contributed by atoms with van der Waals surface area (Å²) in [5, 5.41) is 7.54. The number of fused-ring (bicyclic) bond motifs is 3. The molecule has 0 saturated heterocycles. The standard InChI is InChI=1S/C17H19ClN4O/c1-22-9-19-8-15(22)17(23)21-14-4-2-3-11-12-7-10(18)5-6-13(12)20-16(11)14/h5-9,11,14,16,20H,2-4H2,1H3,(H,21,23). The van der Waals surface area contributed by atoms with Gasteiger partial charge in [0.2, 0.25) is 0 Å². The van der Waals surface area contributed by atoms with E-state index in [2.05, 4.69) is 21.7 Å². The molecular formula is C17H19ClN4O. The van der Waals surface area contributed by atoms with Gasteiger partial charge in [0.05, 0.1) is 18.6 Å². The Morgan fingerprint density at radius 1 is 1.43 bits per heavy atom. The first kappa shape index (κ1) is 14.6. The summed E-state index contributed by atoms with van der Waals surface area (Å²) < 4.78 is 1.74. The summed E-state index contributed by atoms with van der Waals surface area (Å²) in [5.74, 6) is 0.348. The molecule has 120 valence electrons. The predicted molar refractivity (Wildman–Crippen MR) is 89.9 cm³/mol. The van der Waals surface area contributed by atoms with Crippen LogP contribution in [-0.2, 0) is 7.05 Å². The van der Waals surface area contributed by atoms with Crippen LogP contribution < -0.4 is 10.6 Å². The third kappa shape index (κ3) is 2.49. The molecule has 2 aliphatic rings. The molecule has 0 radical (unpaired) electrons. The number of carbonyl (C=O) groups is 1. The summed E-state index contributed by atoms with van der Waals surface area (Å²) >= 11 is 6.15. The first-order valence-electron chi connectivity index (χ1n) is 7.96. The monoisotopic (exact) mass is 330 g/mol. The summed E-state index contributed by atoms with van der Waals surface area (Å²) in [4.78, 5) is 16.5. The van der Waals surface area contributed by atoms with Gasteiger partial charge >= 0.3 is 0 Å². The summed E-state index contributed by atoms with van der Waals surface area (Å²) in [5.41, 5.74) is 3.01. The number of anilines is 1. The molecule has 23 heavy (non-hydrogen) atoms. The molecule has 1 saturated carbocycles. The Kier molecular flexibility index (Phi) is 3.53. The van der Waals surface area contributed by atoms with Gasteiger partial charge in [0.25, 0.3) is 5.91 Å². The van der Waals surface area contributed by atoms with E-state index in [1.165, 1.54) is 5.56 Å². The highest BCUT2D eigenvalue weighted by atomic mass is 35.5. The van der Waals surface area contributed by atoms with Gasteiger partial charge in [0.1, 0.15) is 5.69 Å². The van der Waals surface area contributed by atoms with E-state index in [1.54, 1.807) is 17.1 Å². The van der Waals surface area contributed by atoms with E-state index < -0.39 is 0 Å². The van der Waals surface area contributed by atoms with E-state index in [0.717, 1.165) is 30.0 Å². The van der Waals surface area contributed by atoms with Crippen LogP contribution in [0.25, 0.3) is 0 Å². The van der Waals surface area contributed by atoms with Crippen molar-refractivity contribution in [2.75, 3.05) is 5.32 Å². The first-order chi connectivity index (χ1) is 11.1. The highest BCUT2D eigenvalue weighted by Crippen LogP contribution is 2.44. The normalized spacial score (nSPS) is 25.4. The minimum atomic E-state index is -0.0635. The number of rotatable bonds is 2. The summed E-state index contributed by atoms with van der Waals surface area (Å²) in [6.45, 7) is 0. The zero-order valence-corrected chi connectivity index (χ0v) is 13.7. The Morgan fingerprint density at radius 2 is 2.30 bits per heavy atom. The van der Waals surface area contributed by atoms with Gasteiger partial charge in [-0.05, 0) is 36.6 Å². The van der Waals surface area contributed by atoms with Gasteiger partial charge in [0.15, 0.2) is 0 Å². The maximum atomic E-state index is 12.5. The van der Waals surface area contributed by atoms with Crippen molar-refractivity contribution in [3.63, 3.8) is 0 Å². The smallest absolute Gasteiger partial charge is 0.269 e. The minimum absolute atomic E-state index is 0.0635. The van der Waals surface area contributed by atoms with E-state index in [0.29, 0.717) is 11.6 Å². The van der Waals surface area contributed by atoms with Crippen LogP contribution in [0.2, 0.25) is 5.02 Å². The van der Waals surface area contributed by atoms with Gasteiger partial charge in [-0.1, -0.05) is 18.0 Å². The molecule has 0 spiro atoms. The number of carbonyl (C=O) groups excluding carboxylic acids is 1. The van der Waals surface area contributed by atoms with Crippen LogP contribution in [0, 0.1) is 0 Å². The zero-order valence-electron chi connectivity index (χ0n) is 12.9. The molecule has 3 unspecified atom stereocenters. The lowest BCUT2D eigenvalue weighted by atomic mass is 9.79. The van der Waals surface area contributed by atoms with Crippen molar-refractivity contribution in [3.05, 3.63) is 47.0 Å². The summed E-state index contributed by atoms with van der Waals surface area (Å²) in [6, 6.07) is 6.35. The minimum Gasteiger partial charge on any atom is -0.379 e. The van der Waals surface area contributed by atoms with E-state index in [4.69, 9.17) is 11.6 Å². The molecule has 1 fully saturated rings. The van der Waals surface area contributed by atoms with E-state index in [1.807, 2.05) is 19.2 Å². The van der Waals surface area contributed by atoms with Crippen LogP contribution in [0.4, 0.5) is 5.69 Å². The van der Waals surface area contributed by atoms with Gasteiger partial charge < -0.3 is 15.2 Å². The highest BCUT2D eigenvalue weighted by Gasteiger charge is 2.40. The maximum absolute atomic E-state index is 12.5. The first-order valence-corrected chi connectivity index (χ1v) is 8.34. The fourth-order valence-corrected chi connectivity index (χ4v) is 4.06. The lowest BCUT2D eigenvalue weighted by Gasteiger charge is -2.34. The van der Waals surface area contributed by atoms with Gasteiger partial charge in [-0.3, -0.25) is 4.79 Å². The molecule has 1 aromatic carbocycles. The number of aromatic nitrogens is 2. The average Bonchev–Trinajstić information content (AvgIpc) is 3.11. The quantitative estimate of drug-likeness (QED) is 0.890. The number of amides is 1. The van der Waals surface area contributed by atoms with E-state index in [-0.39, 0.29) is 18.0 Å². The van der Waals surface area contributed by atoms with Crippen LogP contribution >= 0.6 is 11.6 Å². The van der Waals surface area contributed by atoms with Crippen LogP contribution in [0.3, 0.4) is 0 Å². The average molecular weight is 331 g/mol. The Bertz CT molecular complexity index is 757. The second-order valence-electron chi connectivity index (χ2n) is 6.41. The van der Waals surface area contributed by atoms with Gasteiger partial charge in [0, 0.05) is 29.7 Å². The molecule has 1 amide bonds. The van der Waals surface area contributed by atoms with Gasteiger partial charge in [-0.25, -0.2) is 4.98 Å². The van der Waals surface area contributed by atoms with Gasteiger partial charge in [-0.15, -0.1) is 0 Å². The molecule has 2 heterocycles. The predicted octanol–water partition coefficient (Wildman–Crippen LogP) is 2.93. The molecular weight excluding hydrogens is 312 g/mol. The summed E-state index contributed by atoms with van der Waals surface area (Å²) in [7, 11) is 1.83. The van der Waals surface area contributed by atoms with E-state index >= 15 is 0 Å². The van der Waals surface area contributed by atoms with Crippen LogP contribution in [0.5, 0.6) is 0 Å². The van der Waals surface area contributed by atoms with Crippen molar-refractivity contribution in [3.8, 4) is 0 Å². The largest absolute Gasteiger partial charge is 0.379 e. The van der Waals surface area contributed by atoms with Crippen LogP contribution in [0.15, 0.2) is 30.7 Å². The maximum Gasteiger partial charge on any atom is 0.269 e. The number of benzene rings is 1. The fraction of sp³-hybridized carbons (Fsp3) is 0.412. The number of halogens is 1. The fourth-order valence-electron chi connectivity index (χ4n) is 3.88. The number of imidazole rings is 1. The molecule has 2 N–H and O–H groups in total. The molecule has 1 aliphatic carbocycles. The van der Waals surface area contributed by atoms with Crippen molar-refractivity contribution < 1.29 is 4.79 Å². The van der Waals surface area contributed by atoms with Crippen LogP contribution in [0.1, 0.15) is 41.2 Å². The molecule has 1 aromatic heterocycles. The Balaban J connectivity index is 1.55. The molecule has 0 bridgehead atoms. The second kappa shape index (κ2) is 5.57. The number of aryl methyl sites for hydroxylation is 1. The van der Waals surface area contributed by atoms with Crippen molar-refractivity contribution in [1.82, 2.24) is 14.9 Å². The van der Waals surface area contributed by atoms with E-state index in [9.17, 15) is 4.79 Å². The second-order valence-corrected chi connectivity index (χ2v) is 6.85. The Morgan fingerprint density at radius 3 is 3.09 bits per heavy atom. The molecule has 5 nitrogen and oxygen atoms in total. The number of hydrogen-bond donors (Lipinski definition) is 2.